The zero-order chi connectivity index (χ0) is 43.1. The first kappa shape index (κ1) is 41.8. The summed E-state index contributed by atoms with van der Waals surface area (Å²) in [5.41, 5.74) is 5.63. The molecule has 3 heterocycles. The van der Waals surface area contributed by atoms with Gasteiger partial charge in [0.05, 0.1) is 26.9 Å². The van der Waals surface area contributed by atoms with Gasteiger partial charge in [-0.3, -0.25) is 0 Å². The Hall–Kier alpha value is -4.14. The van der Waals surface area contributed by atoms with E-state index in [2.05, 4.69) is 37.2 Å². The van der Waals surface area contributed by atoms with Gasteiger partial charge in [0.15, 0.2) is 17.1 Å². The molecule has 1 saturated carbocycles. The van der Waals surface area contributed by atoms with E-state index < -0.39 is 28.3 Å². The Labute approximate surface area is 370 Å². The Bertz CT molecular complexity index is 2380. The zero-order valence-electron chi connectivity index (χ0n) is 35.4. The Morgan fingerprint density at radius 3 is 2.53 bits per heavy atom. The molecule has 3 aromatic carbocycles. The van der Waals surface area contributed by atoms with Crippen LogP contribution < -0.4 is 18.9 Å². The molecular formula is C49H57NO10S2. The number of phenolic OH excluding ortho intramolecular Hbond substituents is 3. The highest BCUT2D eigenvalue weighted by atomic mass is 33.1. The molecule has 62 heavy (non-hydrogen) atoms. The van der Waals surface area contributed by atoms with Gasteiger partial charge in [-0.05, 0) is 127 Å². The van der Waals surface area contributed by atoms with E-state index in [4.69, 9.17) is 18.9 Å². The van der Waals surface area contributed by atoms with Crippen LogP contribution in [0.15, 0.2) is 54.9 Å². The van der Waals surface area contributed by atoms with Gasteiger partial charge in [-0.2, -0.15) is 0 Å². The lowest BCUT2D eigenvalue weighted by atomic mass is 9.56. The lowest BCUT2D eigenvalue weighted by molar-refractivity contribution is -0.124. The number of benzene rings is 3. The van der Waals surface area contributed by atoms with Crippen molar-refractivity contribution in [1.82, 2.24) is 4.98 Å². The molecule has 0 radical (unpaired) electrons. The summed E-state index contributed by atoms with van der Waals surface area (Å²) < 4.78 is 25.1. The van der Waals surface area contributed by atoms with E-state index >= 15 is 0 Å². The minimum Gasteiger partial charge on any atom is -0.508 e. The van der Waals surface area contributed by atoms with E-state index in [1.54, 1.807) is 12.1 Å². The number of nitrogens with one attached hydrogen (secondary N) is 1. The van der Waals surface area contributed by atoms with Crippen LogP contribution >= 0.6 is 21.6 Å². The van der Waals surface area contributed by atoms with E-state index in [1.165, 1.54) is 18.2 Å². The second kappa shape index (κ2) is 16.1. The predicted molar refractivity (Wildman–Crippen MR) is 241 cm³/mol. The van der Waals surface area contributed by atoms with E-state index in [-0.39, 0.29) is 71.2 Å². The number of ether oxygens (including phenoxy) is 4. The molecule has 9 atom stereocenters. The average Bonchev–Trinajstić information content (AvgIpc) is 3.81. The number of aromatic hydroxyl groups is 3. The number of fused-ring (bicyclic) bond motifs is 10. The third kappa shape index (κ3) is 6.58. The Morgan fingerprint density at radius 2 is 1.77 bits per heavy atom. The lowest BCUT2D eigenvalue weighted by Gasteiger charge is -2.59. The summed E-state index contributed by atoms with van der Waals surface area (Å²) in [7, 11) is 5.17. The van der Waals surface area contributed by atoms with Crippen LogP contribution in [-0.2, 0) is 5.60 Å². The van der Waals surface area contributed by atoms with Crippen molar-refractivity contribution in [3.8, 4) is 51.4 Å². The van der Waals surface area contributed by atoms with Crippen molar-refractivity contribution >= 4 is 27.2 Å². The third-order valence-electron chi connectivity index (χ3n) is 15.0. The van der Waals surface area contributed by atoms with E-state index in [1.807, 2.05) is 46.0 Å². The topological polar surface area (TPSA) is 174 Å². The summed E-state index contributed by atoms with van der Waals surface area (Å²) in [6.07, 6.45) is 11.5. The van der Waals surface area contributed by atoms with Crippen LogP contribution in [0.4, 0.5) is 0 Å². The van der Waals surface area contributed by atoms with Crippen LogP contribution in [0.1, 0.15) is 111 Å². The molecule has 2 aliphatic heterocycles. The zero-order valence-corrected chi connectivity index (χ0v) is 37.1. The van der Waals surface area contributed by atoms with Crippen LogP contribution in [0.2, 0.25) is 0 Å². The number of hydrogen-bond donors (Lipinski definition) is 7. The molecule has 10 rings (SSSR count). The van der Waals surface area contributed by atoms with Gasteiger partial charge in [0.25, 0.3) is 0 Å². The second-order valence-electron chi connectivity index (χ2n) is 18.7. The molecule has 0 amide bonds. The molecule has 1 spiro atoms. The summed E-state index contributed by atoms with van der Waals surface area (Å²) in [6, 6.07) is 11.1. The molecular weight excluding hydrogens is 827 g/mol. The summed E-state index contributed by atoms with van der Waals surface area (Å²) in [4.78, 5) is 3.27. The van der Waals surface area contributed by atoms with E-state index in [9.17, 15) is 30.6 Å². The van der Waals surface area contributed by atoms with Gasteiger partial charge >= 0.3 is 0 Å². The number of hydrogen-bond acceptors (Lipinski definition) is 12. The summed E-state index contributed by atoms with van der Waals surface area (Å²) >= 11 is 0. The van der Waals surface area contributed by atoms with Gasteiger partial charge < -0.3 is 54.6 Å². The minimum atomic E-state index is -1.51. The van der Waals surface area contributed by atoms with Gasteiger partial charge in [0, 0.05) is 57.0 Å². The Morgan fingerprint density at radius 1 is 0.935 bits per heavy atom. The second-order valence-corrected chi connectivity index (χ2v) is 21.6. The molecule has 13 heteroatoms. The number of rotatable bonds is 11. The van der Waals surface area contributed by atoms with Gasteiger partial charge in [-0.1, -0.05) is 47.6 Å². The molecule has 7 N–H and O–H groups in total. The standard InChI is InChI=1S/C49H57NO10S2/c1-25(2)8-14-58-39-21-36(44(54)46(57-3)45(39)55)49-11-10-48-9-6-26(28-16-29(27-7-12-50-23-27)18-31(17-28)61-62-48)19-33-34-20-30(53)4-5-32(34)40-37(59-15-13-51)22-38(60-49)42(43(48)47(49)56)41(40)35(33)24-52/h4-5,7,12,18,20-23,25-26,28,31,33,35,43,47,50-56H,6,8-11,13-17,19,24H2,1-3H3/t26-,28+,31-,33+,35-,43-,47+,48+,49-/m0/s1. The van der Waals surface area contributed by atoms with Crippen LogP contribution in [0, 0.1) is 17.8 Å². The van der Waals surface area contributed by atoms with E-state index in [0.29, 0.717) is 42.8 Å². The van der Waals surface area contributed by atoms with Crippen molar-refractivity contribution < 1.29 is 49.6 Å². The smallest absolute Gasteiger partial charge is 0.207 e. The molecule has 8 bridgehead atoms. The number of methoxy groups -OCH3 is 1. The molecule has 0 unspecified atom stereocenters. The SMILES string of the molecule is COc1c(O)c(OCCC(C)C)cc([C@@]23CC[C@]45CC[C@@H](C[C@@H]6c7cc(O)ccc7-c7c(OCCO)cc(c(c7[C@H]6CO)[C@H]4[C@H]2O)O3)[C@@H]2CC(c3cc[nH]c3)=C[C@H](C2)SS5)c1O. The molecule has 4 aromatic rings. The molecule has 4 aliphatic carbocycles. The van der Waals surface area contributed by atoms with E-state index in [0.717, 1.165) is 66.3 Å². The first-order valence-electron chi connectivity index (χ1n) is 22.2. The minimum absolute atomic E-state index is 0.00807. The van der Waals surface area contributed by atoms with Crippen molar-refractivity contribution in [2.45, 2.75) is 105 Å². The highest BCUT2D eigenvalue weighted by molar-refractivity contribution is 8.77. The number of aliphatic hydroxyl groups is 3. The number of aromatic nitrogens is 1. The van der Waals surface area contributed by atoms with Crippen LogP contribution in [0.25, 0.3) is 16.7 Å². The number of phenols is 3. The van der Waals surface area contributed by atoms with Crippen molar-refractivity contribution in [3.63, 3.8) is 0 Å². The summed E-state index contributed by atoms with van der Waals surface area (Å²) in [5, 5.41) is 70.2. The normalized spacial score (nSPS) is 30.4. The lowest BCUT2D eigenvalue weighted by Crippen LogP contribution is -2.61. The summed E-state index contributed by atoms with van der Waals surface area (Å²) in [5.74, 6) is 0.254. The third-order valence-corrected chi connectivity index (χ3v) is 18.7. The maximum absolute atomic E-state index is 13.5. The number of allylic oxidation sites excluding steroid dienone is 1. The van der Waals surface area contributed by atoms with Crippen molar-refractivity contribution in [1.29, 1.82) is 0 Å². The molecule has 2 fully saturated rings. The molecule has 1 saturated heterocycles. The maximum atomic E-state index is 13.5. The fraction of sp³-hybridized carbons (Fsp3) is 0.510. The van der Waals surface area contributed by atoms with Gasteiger partial charge in [0.1, 0.15) is 30.0 Å². The Kier molecular flexibility index (Phi) is 10.9. The molecule has 11 nitrogen and oxygen atoms in total. The van der Waals surface area contributed by atoms with Gasteiger partial charge in [-0.15, -0.1) is 0 Å². The highest BCUT2D eigenvalue weighted by Crippen LogP contribution is 2.71. The quantitative estimate of drug-likeness (QED) is 0.0714. The largest absolute Gasteiger partial charge is 0.508 e. The molecule has 1 aromatic heterocycles. The fourth-order valence-electron chi connectivity index (χ4n) is 12.1. The predicted octanol–water partition coefficient (Wildman–Crippen LogP) is 9.10. The van der Waals surface area contributed by atoms with Crippen LogP contribution in [0.5, 0.6) is 40.2 Å². The highest BCUT2D eigenvalue weighted by Gasteiger charge is 2.65. The first-order chi connectivity index (χ1) is 30.0. The van der Waals surface area contributed by atoms with Gasteiger partial charge in [0.2, 0.25) is 11.5 Å². The number of H-pyrrole nitrogens is 1. The molecule has 330 valence electrons. The average molecular weight is 884 g/mol. The number of aromatic amines is 1. The Balaban J connectivity index is 1.24. The van der Waals surface area contributed by atoms with Crippen LogP contribution in [0.3, 0.4) is 0 Å². The first-order valence-corrected chi connectivity index (χ1v) is 24.4. The molecule has 6 aliphatic rings. The van der Waals surface area contributed by atoms with Crippen molar-refractivity contribution in [2.24, 2.45) is 17.8 Å². The summed E-state index contributed by atoms with van der Waals surface area (Å²) in [6.45, 7) is 4.10. The maximum Gasteiger partial charge on any atom is 0.207 e. The number of aliphatic hydroxyl groups excluding tert-OH is 3. The van der Waals surface area contributed by atoms with Crippen molar-refractivity contribution in [3.05, 3.63) is 82.7 Å². The van der Waals surface area contributed by atoms with Crippen LogP contribution in [-0.4, -0.2) is 85.3 Å². The van der Waals surface area contributed by atoms with Crippen molar-refractivity contribution in [2.75, 3.05) is 33.5 Å². The monoisotopic (exact) mass is 883 g/mol. The fourth-order valence-corrected chi connectivity index (χ4v) is 15.8. The van der Waals surface area contributed by atoms with Gasteiger partial charge in [-0.25, -0.2) is 0 Å².